The van der Waals surface area contributed by atoms with Crippen molar-refractivity contribution >= 4 is 39.2 Å². The highest BCUT2D eigenvalue weighted by Crippen LogP contribution is 2.26. The Bertz CT molecular complexity index is 1060. The van der Waals surface area contributed by atoms with Crippen LogP contribution >= 0.6 is 39.2 Å². The van der Waals surface area contributed by atoms with E-state index >= 15 is 0 Å². The second-order valence-corrected chi connectivity index (χ2v) is 8.44. The first kappa shape index (κ1) is 19.0. The van der Waals surface area contributed by atoms with Gasteiger partial charge in [0.2, 0.25) is 5.16 Å². The molecule has 0 spiro atoms. The Morgan fingerprint density at radius 1 is 1.07 bits per heavy atom. The van der Waals surface area contributed by atoms with Crippen LogP contribution in [0.5, 0.6) is 0 Å². The minimum Gasteiger partial charge on any atom is -0.241 e. The lowest BCUT2D eigenvalue weighted by molar-refractivity contribution is 0.687. The zero-order valence-corrected chi connectivity index (χ0v) is 18.0. The highest BCUT2D eigenvalue weighted by Gasteiger charge is 2.12. The summed E-state index contributed by atoms with van der Waals surface area (Å²) in [7, 11) is 0. The van der Waals surface area contributed by atoms with Crippen LogP contribution in [0.1, 0.15) is 5.56 Å². The molecule has 0 saturated carbocycles. The average molecular weight is 470 g/mol. The number of allylic oxidation sites excluding steroid dienone is 1. The Kier molecular flexibility index (Phi) is 5.99. The van der Waals surface area contributed by atoms with E-state index in [0.29, 0.717) is 6.54 Å². The molecule has 2 aromatic heterocycles. The number of hydrogen-bond acceptors (Lipinski definition) is 6. The molecule has 0 saturated heterocycles. The van der Waals surface area contributed by atoms with Gasteiger partial charge in [-0.25, -0.2) is 9.67 Å². The number of halogens is 1. The van der Waals surface area contributed by atoms with E-state index in [1.165, 1.54) is 17.1 Å². The zero-order valence-electron chi connectivity index (χ0n) is 14.8. The summed E-state index contributed by atoms with van der Waals surface area (Å²) in [4.78, 5) is 4.74. The predicted octanol–water partition coefficient (Wildman–Crippen LogP) is 5.70. The largest absolute Gasteiger partial charge is 0.241 e. The van der Waals surface area contributed by atoms with Crippen molar-refractivity contribution in [2.75, 3.05) is 0 Å². The molecule has 0 atom stereocenters. The van der Waals surface area contributed by atoms with E-state index in [9.17, 15) is 0 Å². The minimum absolute atomic E-state index is 0.620. The Balaban J connectivity index is 1.49. The molecule has 0 aliphatic heterocycles. The van der Waals surface area contributed by atoms with Crippen LogP contribution in [0.4, 0.5) is 0 Å². The predicted molar refractivity (Wildman–Crippen MR) is 118 cm³/mol. The summed E-state index contributed by atoms with van der Waals surface area (Å²) < 4.78 is 6.84. The van der Waals surface area contributed by atoms with E-state index in [2.05, 4.69) is 61.5 Å². The van der Waals surface area contributed by atoms with Crippen LogP contribution in [-0.4, -0.2) is 24.4 Å². The fraction of sp³-hybridized carbons (Fsp3) is 0.100. The van der Waals surface area contributed by atoms with Crippen molar-refractivity contribution in [2.24, 2.45) is 0 Å². The monoisotopic (exact) mass is 469 g/mol. The molecule has 0 unspecified atom stereocenters. The van der Waals surface area contributed by atoms with Gasteiger partial charge in [0.25, 0.3) is 0 Å². The highest BCUT2D eigenvalue weighted by atomic mass is 79.9. The second kappa shape index (κ2) is 8.81. The molecular weight excluding hydrogens is 454 g/mol. The van der Waals surface area contributed by atoms with Gasteiger partial charge in [0.05, 0.1) is 6.54 Å². The number of rotatable bonds is 7. The molecule has 0 N–H and O–H groups in total. The molecule has 0 amide bonds. The van der Waals surface area contributed by atoms with Crippen molar-refractivity contribution in [3.8, 4) is 22.6 Å². The molecule has 5 nitrogen and oxygen atoms in total. The molecule has 2 heterocycles. The van der Waals surface area contributed by atoms with Gasteiger partial charge in [-0.15, -0.1) is 16.8 Å². The summed E-state index contributed by atoms with van der Waals surface area (Å²) in [5.74, 6) is 1.65. The van der Waals surface area contributed by atoms with Gasteiger partial charge in [0.15, 0.2) is 5.82 Å². The highest BCUT2D eigenvalue weighted by molar-refractivity contribution is 9.10. The molecule has 28 heavy (non-hydrogen) atoms. The number of hydrogen-bond donors (Lipinski definition) is 0. The normalized spacial score (nSPS) is 10.9. The quantitative estimate of drug-likeness (QED) is 0.256. The van der Waals surface area contributed by atoms with Crippen molar-refractivity contribution in [1.29, 1.82) is 0 Å². The third-order valence-corrected chi connectivity index (χ3v) is 5.98. The first-order valence-corrected chi connectivity index (χ1v) is 11.2. The van der Waals surface area contributed by atoms with E-state index in [1.807, 2.05) is 40.4 Å². The average Bonchev–Trinajstić information content (AvgIpc) is 3.38. The first-order valence-electron chi connectivity index (χ1n) is 8.54. The van der Waals surface area contributed by atoms with Gasteiger partial charge < -0.3 is 0 Å². The molecule has 8 heteroatoms. The van der Waals surface area contributed by atoms with Crippen molar-refractivity contribution < 1.29 is 0 Å². The number of aromatic nitrogens is 5. The Labute approximate surface area is 179 Å². The SMILES string of the molecule is C=CCn1nc(SCc2ccc(-c3csnn3)cc2)nc1-c1ccc(Br)cc1. The smallest absolute Gasteiger partial charge is 0.209 e. The van der Waals surface area contributed by atoms with Gasteiger partial charge in [-0.3, -0.25) is 0 Å². The van der Waals surface area contributed by atoms with Crippen LogP contribution in [0.2, 0.25) is 0 Å². The van der Waals surface area contributed by atoms with Gasteiger partial charge >= 0.3 is 0 Å². The molecule has 140 valence electrons. The van der Waals surface area contributed by atoms with Crippen molar-refractivity contribution in [3.05, 3.63) is 76.6 Å². The molecule has 0 fully saturated rings. The number of nitrogens with zero attached hydrogens (tertiary/aromatic N) is 5. The fourth-order valence-electron chi connectivity index (χ4n) is 2.65. The lowest BCUT2D eigenvalue weighted by Crippen LogP contribution is -2.00. The first-order chi connectivity index (χ1) is 13.7. The molecule has 0 bridgehead atoms. The molecule has 4 aromatic rings. The van der Waals surface area contributed by atoms with Gasteiger partial charge in [-0.05, 0) is 29.2 Å². The van der Waals surface area contributed by atoms with Crippen LogP contribution in [0.3, 0.4) is 0 Å². The second-order valence-electron chi connectivity index (χ2n) is 5.97. The van der Waals surface area contributed by atoms with Crippen LogP contribution in [0, 0.1) is 0 Å². The van der Waals surface area contributed by atoms with Crippen molar-refractivity contribution in [3.63, 3.8) is 0 Å². The number of thioether (sulfide) groups is 1. The van der Waals surface area contributed by atoms with E-state index in [4.69, 9.17) is 4.98 Å². The Morgan fingerprint density at radius 2 is 1.82 bits per heavy atom. The third kappa shape index (κ3) is 4.40. The summed E-state index contributed by atoms with van der Waals surface area (Å²) in [6.45, 7) is 4.45. The number of benzene rings is 2. The summed E-state index contributed by atoms with van der Waals surface area (Å²) >= 11 is 6.45. The third-order valence-electron chi connectivity index (χ3n) is 4.03. The molecular formula is C20H16BrN5S2. The van der Waals surface area contributed by atoms with Gasteiger partial charge in [-0.1, -0.05) is 74.7 Å². The van der Waals surface area contributed by atoms with Gasteiger partial charge in [0.1, 0.15) is 5.69 Å². The van der Waals surface area contributed by atoms with E-state index in [0.717, 1.165) is 38.0 Å². The standard InChI is InChI=1S/C20H16BrN5S2/c1-2-11-26-19(16-7-9-17(21)10-8-16)22-20(24-26)27-12-14-3-5-15(6-4-14)18-13-28-25-23-18/h2-10,13H,1,11-12H2. The summed E-state index contributed by atoms with van der Waals surface area (Å²) in [5, 5.41) is 11.4. The molecule has 2 aromatic carbocycles. The summed E-state index contributed by atoms with van der Waals surface area (Å²) in [6, 6.07) is 16.5. The van der Waals surface area contributed by atoms with Gasteiger partial charge in [-0.2, -0.15) is 0 Å². The topological polar surface area (TPSA) is 56.5 Å². The summed E-state index contributed by atoms with van der Waals surface area (Å²) in [5.41, 5.74) is 4.23. The van der Waals surface area contributed by atoms with Crippen LogP contribution in [0.15, 0.2) is 76.2 Å². The maximum Gasteiger partial charge on any atom is 0.209 e. The molecule has 0 aliphatic rings. The van der Waals surface area contributed by atoms with Crippen LogP contribution < -0.4 is 0 Å². The maximum absolute atomic E-state index is 4.74. The van der Waals surface area contributed by atoms with E-state index in [-0.39, 0.29) is 0 Å². The summed E-state index contributed by atoms with van der Waals surface area (Å²) in [6.07, 6.45) is 1.83. The molecule has 0 radical (unpaired) electrons. The van der Waals surface area contributed by atoms with Crippen LogP contribution in [-0.2, 0) is 12.3 Å². The Hall–Kier alpha value is -2.29. The fourth-order valence-corrected chi connectivity index (χ4v) is 4.18. The zero-order chi connectivity index (χ0) is 19.3. The maximum atomic E-state index is 4.74. The lowest BCUT2D eigenvalue weighted by Gasteiger charge is -2.02. The van der Waals surface area contributed by atoms with Gasteiger partial charge in [0, 0.05) is 26.7 Å². The lowest BCUT2D eigenvalue weighted by atomic mass is 10.1. The van der Waals surface area contributed by atoms with Crippen molar-refractivity contribution in [2.45, 2.75) is 17.5 Å². The van der Waals surface area contributed by atoms with Crippen LogP contribution in [0.25, 0.3) is 22.6 Å². The Morgan fingerprint density at radius 3 is 2.50 bits per heavy atom. The van der Waals surface area contributed by atoms with Crippen molar-refractivity contribution in [1.82, 2.24) is 24.4 Å². The van der Waals surface area contributed by atoms with E-state index < -0.39 is 0 Å². The minimum atomic E-state index is 0.620. The molecule has 0 aliphatic carbocycles. The molecule has 4 rings (SSSR count). The van der Waals surface area contributed by atoms with E-state index in [1.54, 1.807) is 11.8 Å².